The van der Waals surface area contributed by atoms with Crippen molar-refractivity contribution in [3.05, 3.63) is 70.6 Å². The van der Waals surface area contributed by atoms with E-state index >= 15 is 0 Å². The summed E-state index contributed by atoms with van der Waals surface area (Å²) in [5.74, 6) is 0.0307. The number of hydrogen-bond acceptors (Lipinski definition) is 6. The first-order chi connectivity index (χ1) is 16.9. The number of ether oxygens (including phenoxy) is 1. The smallest absolute Gasteiger partial charge is 0.255 e. The molecule has 8 nitrogen and oxygen atoms in total. The largest absolute Gasteiger partial charge is 0.492 e. The van der Waals surface area contributed by atoms with Gasteiger partial charge in [0.25, 0.3) is 11.9 Å². The van der Waals surface area contributed by atoms with Gasteiger partial charge in [-0.25, -0.2) is 14.4 Å². The van der Waals surface area contributed by atoms with Crippen molar-refractivity contribution >= 4 is 11.9 Å². The van der Waals surface area contributed by atoms with Gasteiger partial charge in [-0.2, -0.15) is 4.39 Å². The number of carbonyl (C=O) groups is 1. The van der Waals surface area contributed by atoms with Crippen LogP contribution in [0.5, 0.6) is 5.75 Å². The fourth-order valence-electron chi connectivity index (χ4n) is 4.84. The molecule has 2 aliphatic rings. The van der Waals surface area contributed by atoms with Crippen molar-refractivity contribution in [2.24, 2.45) is 0 Å². The van der Waals surface area contributed by atoms with Crippen LogP contribution < -0.4 is 10.1 Å². The van der Waals surface area contributed by atoms with Crippen LogP contribution in [0.3, 0.4) is 0 Å². The molecule has 35 heavy (non-hydrogen) atoms. The Balaban J connectivity index is 1.44. The third kappa shape index (κ3) is 4.70. The molecule has 0 atom stereocenters. The molecule has 2 aromatic heterocycles. The van der Waals surface area contributed by atoms with Gasteiger partial charge >= 0.3 is 0 Å². The summed E-state index contributed by atoms with van der Waals surface area (Å²) in [6.45, 7) is 2.85. The zero-order chi connectivity index (χ0) is 24.5. The second kappa shape index (κ2) is 9.61. The number of rotatable bonds is 8. The summed E-state index contributed by atoms with van der Waals surface area (Å²) >= 11 is 0. The number of aromatic nitrogens is 3. The van der Waals surface area contributed by atoms with Crippen LogP contribution in [-0.4, -0.2) is 70.2 Å². The second-order valence-corrected chi connectivity index (χ2v) is 9.01. The topological polar surface area (TPSA) is 75.5 Å². The number of benzene rings is 1. The minimum absolute atomic E-state index is 0.0540. The first-order valence-corrected chi connectivity index (χ1v) is 11.6. The molecule has 0 aliphatic carbocycles. The van der Waals surface area contributed by atoms with Crippen molar-refractivity contribution in [3.63, 3.8) is 0 Å². The lowest BCUT2D eigenvalue weighted by Gasteiger charge is -2.36. The standard InChI is InChI=1S/C25H28F2N6O2/c1-28-25-29-4-6-33(25)11-16-7-18(13-31-14-19(26)15-31)20-3-5-32(24(34)21(20)8-16)12-17-9-22(35-2)23(27)30-10-17/h4,6-10,19H,3,5,11-15H2,1-2H3,(H,28,29). The molecule has 1 amide bonds. The fourth-order valence-corrected chi connectivity index (χ4v) is 4.84. The predicted octanol–water partition coefficient (Wildman–Crippen LogP) is 2.87. The molecule has 5 rings (SSSR count). The normalized spacial score (nSPS) is 16.2. The summed E-state index contributed by atoms with van der Waals surface area (Å²) in [6, 6.07) is 5.65. The molecule has 3 aromatic rings. The average Bonchev–Trinajstić information content (AvgIpc) is 3.28. The van der Waals surface area contributed by atoms with Gasteiger partial charge in [0.1, 0.15) is 6.17 Å². The zero-order valence-corrected chi connectivity index (χ0v) is 19.8. The molecule has 1 fully saturated rings. The highest BCUT2D eigenvalue weighted by Gasteiger charge is 2.31. The van der Waals surface area contributed by atoms with E-state index in [1.165, 1.54) is 13.3 Å². The van der Waals surface area contributed by atoms with E-state index in [9.17, 15) is 13.6 Å². The lowest BCUT2D eigenvalue weighted by atomic mass is 9.90. The van der Waals surface area contributed by atoms with E-state index in [1.54, 1.807) is 17.2 Å². The summed E-state index contributed by atoms with van der Waals surface area (Å²) < 4.78 is 34.2. The van der Waals surface area contributed by atoms with Crippen molar-refractivity contribution in [2.75, 3.05) is 39.1 Å². The van der Waals surface area contributed by atoms with Crippen molar-refractivity contribution < 1.29 is 18.3 Å². The number of amides is 1. The molecule has 0 spiro atoms. The predicted molar refractivity (Wildman–Crippen MR) is 127 cm³/mol. The molecule has 1 aromatic carbocycles. The van der Waals surface area contributed by atoms with E-state index in [0.29, 0.717) is 56.8 Å². The Morgan fingerprint density at radius 2 is 1.97 bits per heavy atom. The molecule has 0 unspecified atom stereocenters. The van der Waals surface area contributed by atoms with E-state index < -0.39 is 12.1 Å². The summed E-state index contributed by atoms with van der Waals surface area (Å²) in [5, 5.41) is 3.07. The number of nitrogens with one attached hydrogen (secondary N) is 1. The highest BCUT2D eigenvalue weighted by molar-refractivity contribution is 5.97. The summed E-state index contributed by atoms with van der Waals surface area (Å²) in [6.07, 6.45) is 4.96. The van der Waals surface area contributed by atoms with Crippen LogP contribution in [0.15, 0.2) is 36.8 Å². The fraction of sp³-hybridized carbons (Fsp3) is 0.400. The summed E-state index contributed by atoms with van der Waals surface area (Å²) in [5.41, 5.74) is 4.42. The van der Waals surface area contributed by atoms with Gasteiger partial charge in [0.05, 0.1) is 13.7 Å². The second-order valence-electron chi connectivity index (χ2n) is 9.01. The number of hydrogen-bond donors (Lipinski definition) is 1. The third-order valence-electron chi connectivity index (χ3n) is 6.61. The Bertz CT molecular complexity index is 1240. The monoisotopic (exact) mass is 482 g/mol. The molecule has 0 radical (unpaired) electrons. The number of fused-ring (bicyclic) bond motifs is 1. The molecular weight excluding hydrogens is 454 g/mol. The number of methoxy groups -OCH3 is 1. The zero-order valence-electron chi connectivity index (χ0n) is 19.8. The minimum Gasteiger partial charge on any atom is -0.492 e. The Labute approximate surface area is 202 Å². The van der Waals surface area contributed by atoms with E-state index in [2.05, 4.69) is 26.3 Å². The van der Waals surface area contributed by atoms with Crippen LogP contribution in [0.25, 0.3) is 0 Å². The first kappa shape index (κ1) is 23.2. The van der Waals surface area contributed by atoms with Gasteiger partial charge in [0.15, 0.2) is 5.75 Å². The highest BCUT2D eigenvalue weighted by Crippen LogP contribution is 2.29. The van der Waals surface area contributed by atoms with Crippen LogP contribution in [0.1, 0.15) is 32.6 Å². The molecule has 2 aliphatic heterocycles. The summed E-state index contributed by atoms with van der Waals surface area (Å²) in [7, 11) is 3.20. The van der Waals surface area contributed by atoms with Crippen molar-refractivity contribution in [1.29, 1.82) is 0 Å². The van der Waals surface area contributed by atoms with Gasteiger partial charge < -0.3 is 19.5 Å². The Hall–Kier alpha value is -3.53. The molecule has 0 bridgehead atoms. The molecule has 184 valence electrons. The van der Waals surface area contributed by atoms with Gasteiger partial charge in [0.2, 0.25) is 5.95 Å². The molecule has 10 heteroatoms. The molecule has 1 saturated heterocycles. The number of anilines is 1. The maximum Gasteiger partial charge on any atom is 0.255 e. The number of pyridine rings is 1. The van der Waals surface area contributed by atoms with E-state index in [-0.39, 0.29) is 11.7 Å². The van der Waals surface area contributed by atoms with E-state index in [1.807, 2.05) is 23.9 Å². The lowest BCUT2D eigenvalue weighted by Crippen LogP contribution is -2.47. The molecule has 1 N–H and O–H groups in total. The highest BCUT2D eigenvalue weighted by atomic mass is 19.1. The lowest BCUT2D eigenvalue weighted by molar-refractivity contribution is 0.0583. The Morgan fingerprint density at radius 3 is 2.71 bits per heavy atom. The Morgan fingerprint density at radius 1 is 1.14 bits per heavy atom. The number of alkyl halides is 1. The van der Waals surface area contributed by atoms with Crippen LogP contribution in [0.2, 0.25) is 0 Å². The number of imidazole rings is 1. The number of carbonyl (C=O) groups excluding carboxylic acids is 1. The van der Waals surface area contributed by atoms with Crippen molar-refractivity contribution in [2.45, 2.75) is 32.2 Å². The SMILES string of the molecule is CNc1nccn1Cc1cc(CN2CC(F)C2)c2c(c1)C(=O)N(Cc1cnc(F)c(OC)c1)CC2. The quantitative estimate of drug-likeness (QED) is 0.498. The maximum absolute atomic E-state index is 13.7. The van der Waals surface area contributed by atoms with Gasteiger partial charge in [-0.15, -0.1) is 0 Å². The molecular formula is C25H28F2N6O2. The van der Waals surface area contributed by atoms with Gasteiger partial charge in [-0.3, -0.25) is 9.69 Å². The first-order valence-electron chi connectivity index (χ1n) is 11.6. The third-order valence-corrected chi connectivity index (χ3v) is 6.61. The average molecular weight is 483 g/mol. The Kier molecular flexibility index (Phi) is 6.38. The van der Waals surface area contributed by atoms with E-state index in [4.69, 9.17) is 4.74 Å². The van der Waals surface area contributed by atoms with Gasteiger partial charge in [0, 0.05) is 63.9 Å². The van der Waals surface area contributed by atoms with E-state index in [0.717, 1.165) is 22.6 Å². The van der Waals surface area contributed by atoms with Gasteiger partial charge in [-0.1, -0.05) is 6.07 Å². The maximum atomic E-state index is 13.7. The summed E-state index contributed by atoms with van der Waals surface area (Å²) in [4.78, 5) is 25.4. The molecule has 4 heterocycles. The number of halogens is 2. The van der Waals surface area contributed by atoms with Crippen LogP contribution in [-0.2, 0) is 26.1 Å². The number of likely N-dealkylation sites (tertiary alicyclic amines) is 1. The molecule has 0 saturated carbocycles. The van der Waals surface area contributed by atoms with Gasteiger partial charge in [-0.05, 0) is 40.8 Å². The van der Waals surface area contributed by atoms with Crippen molar-refractivity contribution in [3.8, 4) is 5.75 Å². The minimum atomic E-state index is -0.781. The number of nitrogens with zero attached hydrogens (tertiary/aromatic N) is 5. The van der Waals surface area contributed by atoms with Crippen LogP contribution in [0, 0.1) is 5.95 Å². The van der Waals surface area contributed by atoms with Crippen molar-refractivity contribution in [1.82, 2.24) is 24.3 Å². The van der Waals surface area contributed by atoms with Crippen LogP contribution in [0.4, 0.5) is 14.7 Å². The van der Waals surface area contributed by atoms with Crippen LogP contribution >= 0.6 is 0 Å².